The van der Waals surface area contributed by atoms with Gasteiger partial charge in [0.25, 0.3) is 0 Å². The van der Waals surface area contributed by atoms with Crippen LogP contribution in [0.2, 0.25) is 0 Å². The minimum atomic E-state index is -0.155. The zero-order chi connectivity index (χ0) is 16.3. The van der Waals surface area contributed by atoms with E-state index >= 15 is 0 Å². The van der Waals surface area contributed by atoms with E-state index in [1.54, 1.807) is 6.07 Å². The summed E-state index contributed by atoms with van der Waals surface area (Å²) in [6.45, 7) is 8.14. The number of hydrogen-bond donors (Lipinski definition) is 1. The lowest BCUT2D eigenvalue weighted by atomic mass is 9.50. The Labute approximate surface area is 131 Å². The first-order chi connectivity index (χ1) is 10.2. The van der Waals surface area contributed by atoms with Gasteiger partial charge < -0.3 is 5.11 Å². The van der Waals surface area contributed by atoms with Gasteiger partial charge in [-0.25, -0.2) is 0 Å². The summed E-state index contributed by atoms with van der Waals surface area (Å²) >= 11 is 0. The SMILES string of the molecule is CC(=O)c1cc(O)cc2c1C(=O)CC1C(C)(C)CCCC21C. The third-order valence-electron chi connectivity index (χ3n) is 6.02. The molecule has 0 radical (unpaired) electrons. The summed E-state index contributed by atoms with van der Waals surface area (Å²) in [5.41, 5.74) is 1.77. The molecule has 3 heteroatoms. The van der Waals surface area contributed by atoms with E-state index < -0.39 is 0 Å². The maximum absolute atomic E-state index is 12.8. The molecule has 1 saturated carbocycles. The number of rotatable bonds is 1. The monoisotopic (exact) mass is 300 g/mol. The molecule has 0 amide bonds. The van der Waals surface area contributed by atoms with Gasteiger partial charge >= 0.3 is 0 Å². The Morgan fingerprint density at radius 1 is 1.23 bits per heavy atom. The maximum Gasteiger partial charge on any atom is 0.164 e. The van der Waals surface area contributed by atoms with E-state index in [1.807, 2.05) is 0 Å². The van der Waals surface area contributed by atoms with E-state index in [-0.39, 0.29) is 34.1 Å². The van der Waals surface area contributed by atoms with Crippen molar-refractivity contribution in [3.05, 3.63) is 28.8 Å². The lowest BCUT2D eigenvalue weighted by molar-refractivity contribution is 0.0366. The molecule has 3 rings (SSSR count). The molecule has 118 valence electrons. The summed E-state index contributed by atoms with van der Waals surface area (Å²) in [4.78, 5) is 24.7. The smallest absolute Gasteiger partial charge is 0.164 e. The number of fused-ring (bicyclic) bond motifs is 3. The third-order valence-corrected chi connectivity index (χ3v) is 6.02. The Morgan fingerprint density at radius 2 is 1.91 bits per heavy atom. The highest BCUT2D eigenvalue weighted by atomic mass is 16.3. The molecule has 2 unspecified atom stereocenters. The summed E-state index contributed by atoms with van der Waals surface area (Å²) in [6.07, 6.45) is 3.73. The summed E-state index contributed by atoms with van der Waals surface area (Å²) in [6, 6.07) is 3.16. The fourth-order valence-electron chi connectivity index (χ4n) is 4.89. The molecular weight excluding hydrogens is 276 g/mol. The Kier molecular flexibility index (Phi) is 3.24. The standard InChI is InChI=1S/C19H24O3/c1-11(20)13-8-12(21)9-14-17(13)15(22)10-16-18(2,3)6-5-7-19(14,16)4/h8-9,16,21H,5-7,10H2,1-4H3. The van der Waals surface area contributed by atoms with Gasteiger partial charge in [-0.1, -0.05) is 27.2 Å². The minimum Gasteiger partial charge on any atom is -0.508 e. The first kappa shape index (κ1) is 15.3. The molecule has 2 aliphatic rings. The van der Waals surface area contributed by atoms with Crippen molar-refractivity contribution in [2.75, 3.05) is 0 Å². The first-order valence-electron chi connectivity index (χ1n) is 8.08. The molecule has 1 fully saturated rings. The lowest BCUT2D eigenvalue weighted by Gasteiger charge is -2.54. The van der Waals surface area contributed by atoms with Gasteiger partial charge in [-0.05, 0) is 54.2 Å². The molecule has 0 bridgehead atoms. The van der Waals surface area contributed by atoms with Crippen LogP contribution >= 0.6 is 0 Å². The van der Waals surface area contributed by atoms with Crippen LogP contribution in [0.4, 0.5) is 0 Å². The summed E-state index contributed by atoms with van der Waals surface area (Å²) < 4.78 is 0. The van der Waals surface area contributed by atoms with Crippen molar-refractivity contribution in [1.82, 2.24) is 0 Å². The zero-order valence-corrected chi connectivity index (χ0v) is 13.8. The highest BCUT2D eigenvalue weighted by Crippen LogP contribution is 2.57. The number of phenolic OH excluding ortho intramolecular Hbond substituents is 1. The number of carbonyl (C=O) groups is 2. The van der Waals surface area contributed by atoms with Crippen molar-refractivity contribution in [3.8, 4) is 5.75 Å². The van der Waals surface area contributed by atoms with Gasteiger partial charge in [0.1, 0.15) is 5.75 Å². The molecule has 1 aromatic rings. The minimum absolute atomic E-state index is 0.0534. The highest BCUT2D eigenvalue weighted by Gasteiger charge is 2.52. The van der Waals surface area contributed by atoms with Gasteiger partial charge in [0, 0.05) is 17.5 Å². The summed E-state index contributed by atoms with van der Waals surface area (Å²) in [5.74, 6) is 0.243. The van der Waals surface area contributed by atoms with Crippen molar-refractivity contribution >= 4 is 11.6 Å². The van der Waals surface area contributed by atoms with Gasteiger partial charge in [-0.15, -0.1) is 0 Å². The molecular formula is C19H24O3. The summed E-state index contributed by atoms with van der Waals surface area (Å²) in [5, 5.41) is 10.1. The van der Waals surface area contributed by atoms with Gasteiger partial charge in [0.05, 0.1) is 0 Å². The van der Waals surface area contributed by atoms with Crippen LogP contribution < -0.4 is 0 Å². The second kappa shape index (κ2) is 4.68. The number of aromatic hydroxyl groups is 1. The van der Waals surface area contributed by atoms with Crippen LogP contribution in [0.25, 0.3) is 0 Å². The van der Waals surface area contributed by atoms with Crippen LogP contribution in [0.5, 0.6) is 5.75 Å². The van der Waals surface area contributed by atoms with Crippen LogP contribution in [-0.2, 0) is 5.41 Å². The van der Waals surface area contributed by atoms with E-state index in [9.17, 15) is 14.7 Å². The molecule has 0 saturated heterocycles. The van der Waals surface area contributed by atoms with E-state index in [1.165, 1.54) is 13.0 Å². The molecule has 0 heterocycles. The molecule has 2 aliphatic carbocycles. The largest absolute Gasteiger partial charge is 0.508 e. The van der Waals surface area contributed by atoms with Crippen LogP contribution in [0.1, 0.15) is 79.7 Å². The van der Waals surface area contributed by atoms with Crippen LogP contribution in [0, 0.1) is 11.3 Å². The molecule has 0 aromatic heterocycles. The van der Waals surface area contributed by atoms with Gasteiger partial charge in [-0.3, -0.25) is 9.59 Å². The fraction of sp³-hybridized carbons (Fsp3) is 0.579. The highest BCUT2D eigenvalue weighted by molar-refractivity contribution is 6.10. The number of hydrogen-bond acceptors (Lipinski definition) is 3. The molecule has 0 spiro atoms. The summed E-state index contributed by atoms with van der Waals surface area (Å²) in [7, 11) is 0. The average molecular weight is 300 g/mol. The molecule has 0 aliphatic heterocycles. The molecule has 1 aromatic carbocycles. The van der Waals surface area contributed by atoms with Crippen LogP contribution in [-0.4, -0.2) is 16.7 Å². The topological polar surface area (TPSA) is 54.4 Å². The van der Waals surface area contributed by atoms with Crippen molar-refractivity contribution in [1.29, 1.82) is 0 Å². The van der Waals surface area contributed by atoms with E-state index in [0.29, 0.717) is 17.5 Å². The zero-order valence-electron chi connectivity index (χ0n) is 13.8. The third kappa shape index (κ3) is 2.02. The van der Waals surface area contributed by atoms with Gasteiger partial charge in [0.2, 0.25) is 0 Å². The second-order valence-electron chi connectivity index (χ2n) is 7.91. The number of ketones is 2. The van der Waals surface area contributed by atoms with Gasteiger partial charge in [-0.2, -0.15) is 0 Å². The molecule has 2 atom stereocenters. The Balaban J connectivity index is 2.29. The molecule has 1 N–H and O–H groups in total. The van der Waals surface area contributed by atoms with E-state index in [4.69, 9.17) is 0 Å². The molecule has 22 heavy (non-hydrogen) atoms. The lowest BCUT2D eigenvalue weighted by Crippen LogP contribution is -2.49. The van der Waals surface area contributed by atoms with E-state index in [0.717, 1.165) is 24.8 Å². The second-order valence-corrected chi connectivity index (χ2v) is 7.91. The van der Waals surface area contributed by atoms with Crippen LogP contribution in [0.15, 0.2) is 12.1 Å². The predicted octanol–water partition coefficient (Wildman–Crippen LogP) is 4.27. The quantitative estimate of drug-likeness (QED) is 0.788. The van der Waals surface area contributed by atoms with Crippen molar-refractivity contribution in [3.63, 3.8) is 0 Å². The molecule has 3 nitrogen and oxygen atoms in total. The first-order valence-corrected chi connectivity index (χ1v) is 8.08. The normalized spacial score (nSPS) is 29.6. The fourth-order valence-corrected chi connectivity index (χ4v) is 4.89. The Bertz CT molecular complexity index is 672. The number of carbonyl (C=O) groups excluding carboxylic acids is 2. The van der Waals surface area contributed by atoms with Crippen molar-refractivity contribution < 1.29 is 14.7 Å². The average Bonchev–Trinajstić information content (AvgIpc) is 2.40. The van der Waals surface area contributed by atoms with Gasteiger partial charge in [0.15, 0.2) is 11.6 Å². The Hall–Kier alpha value is -1.64. The van der Waals surface area contributed by atoms with Crippen molar-refractivity contribution in [2.45, 2.75) is 58.8 Å². The van der Waals surface area contributed by atoms with Crippen molar-refractivity contribution in [2.24, 2.45) is 11.3 Å². The predicted molar refractivity (Wildman–Crippen MR) is 85.5 cm³/mol. The number of benzene rings is 1. The number of Topliss-reactive ketones (excluding diaryl/α,β-unsaturated/α-hetero) is 2. The van der Waals surface area contributed by atoms with Crippen LogP contribution in [0.3, 0.4) is 0 Å². The Morgan fingerprint density at radius 3 is 2.55 bits per heavy atom. The number of phenols is 1. The van der Waals surface area contributed by atoms with E-state index in [2.05, 4.69) is 20.8 Å². The maximum atomic E-state index is 12.8.